The molecule has 4 rings (SSSR count). The van der Waals surface area contributed by atoms with Gasteiger partial charge in [0.2, 0.25) is 0 Å². The molecule has 0 aliphatic heterocycles. The van der Waals surface area contributed by atoms with Crippen LogP contribution in [0.25, 0.3) is 6.08 Å². The molecular formula is C26H28Cl2Zr. The molecule has 2 aromatic carbocycles. The van der Waals surface area contributed by atoms with Crippen molar-refractivity contribution in [1.29, 1.82) is 0 Å². The number of hydrogen-bond donors (Lipinski definition) is 0. The topological polar surface area (TPSA) is 0 Å². The molecule has 0 saturated heterocycles. The fourth-order valence-corrected chi connectivity index (χ4v) is 12.4. The number of allylic oxidation sites excluding steroid dienone is 5. The smallest absolute Gasteiger partial charge is 1.00 e. The van der Waals surface area contributed by atoms with Crippen LogP contribution in [0.15, 0.2) is 81.7 Å². The third-order valence-electron chi connectivity index (χ3n) is 5.80. The van der Waals surface area contributed by atoms with E-state index in [1.807, 2.05) is 0 Å². The molecule has 0 nitrogen and oxygen atoms in total. The summed E-state index contributed by atoms with van der Waals surface area (Å²) in [6.07, 6.45) is 11.1. The molecule has 0 radical (unpaired) electrons. The van der Waals surface area contributed by atoms with Gasteiger partial charge in [-0.25, -0.2) is 0 Å². The maximum atomic E-state index is 2.57. The van der Waals surface area contributed by atoms with Gasteiger partial charge in [-0.05, 0) is 0 Å². The number of hydrogen-bond acceptors (Lipinski definition) is 0. The molecule has 0 heterocycles. The van der Waals surface area contributed by atoms with E-state index >= 15 is 0 Å². The fourth-order valence-electron chi connectivity index (χ4n) is 4.25. The summed E-state index contributed by atoms with van der Waals surface area (Å²) in [5.74, 6) is 0. The van der Waals surface area contributed by atoms with Crippen LogP contribution in [-0.2, 0) is 21.3 Å². The van der Waals surface area contributed by atoms with Crippen LogP contribution in [0.4, 0.5) is 0 Å². The minimum absolute atomic E-state index is 0. The van der Waals surface area contributed by atoms with Crippen molar-refractivity contribution in [3.8, 4) is 0 Å². The predicted molar refractivity (Wildman–Crippen MR) is 115 cm³/mol. The van der Waals surface area contributed by atoms with Crippen molar-refractivity contribution in [1.82, 2.24) is 0 Å². The van der Waals surface area contributed by atoms with Gasteiger partial charge in [0.05, 0.1) is 0 Å². The molecule has 150 valence electrons. The second-order valence-electron chi connectivity index (χ2n) is 8.65. The molecule has 0 amide bonds. The van der Waals surface area contributed by atoms with Crippen LogP contribution in [0.2, 0.25) is 0 Å². The van der Waals surface area contributed by atoms with Crippen LogP contribution < -0.4 is 24.8 Å². The summed E-state index contributed by atoms with van der Waals surface area (Å²) in [5.41, 5.74) is 6.16. The second-order valence-corrected chi connectivity index (χ2v) is 15.6. The van der Waals surface area contributed by atoms with Crippen molar-refractivity contribution < 1.29 is 46.1 Å². The van der Waals surface area contributed by atoms with E-state index in [0.29, 0.717) is 3.63 Å². The first-order chi connectivity index (χ1) is 12.9. The van der Waals surface area contributed by atoms with E-state index in [1.54, 1.807) is 12.1 Å². The first-order valence-corrected chi connectivity index (χ1v) is 13.8. The SMILES string of the molecule is C/[C](c1ccccc1)=[Zr+2](/[C]1=CC(C(C)(C)C)=CC1)[CH]1C=Cc2ccccc21.[Cl-].[Cl-]. The summed E-state index contributed by atoms with van der Waals surface area (Å²) < 4.78 is 4.02. The molecule has 3 heteroatoms. The maximum Gasteiger partial charge on any atom is -1.00 e. The first kappa shape index (κ1) is 24.3. The Bertz CT molecular complexity index is 989. The number of fused-ring (bicyclic) bond motifs is 1. The van der Waals surface area contributed by atoms with Crippen LogP contribution in [0.1, 0.15) is 54.4 Å². The zero-order chi connectivity index (χ0) is 19.0. The Kier molecular flexibility index (Phi) is 8.26. The van der Waals surface area contributed by atoms with Crippen molar-refractivity contribution in [3.63, 3.8) is 0 Å². The Morgan fingerprint density at radius 1 is 0.931 bits per heavy atom. The van der Waals surface area contributed by atoms with Gasteiger partial charge in [0, 0.05) is 0 Å². The minimum Gasteiger partial charge on any atom is -1.00 e. The summed E-state index contributed by atoms with van der Waals surface area (Å²) in [4.78, 5) is 0. The number of halogens is 2. The third kappa shape index (κ3) is 5.01. The van der Waals surface area contributed by atoms with Gasteiger partial charge in [0.1, 0.15) is 0 Å². The van der Waals surface area contributed by atoms with E-state index in [-0.39, 0.29) is 30.2 Å². The monoisotopic (exact) mass is 500 g/mol. The average molecular weight is 503 g/mol. The normalized spacial score (nSPS) is 17.5. The van der Waals surface area contributed by atoms with Crippen molar-refractivity contribution in [2.24, 2.45) is 5.41 Å². The van der Waals surface area contributed by atoms with Gasteiger partial charge in [-0.15, -0.1) is 0 Å². The molecule has 2 aliphatic rings. The summed E-state index contributed by atoms with van der Waals surface area (Å²) in [6, 6.07) is 20.1. The van der Waals surface area contributed by atoms with Crippen LogP contribution >= 0.6 is 0 Å². The fraction of sp³-hybridized carbons (Fsp3) is 0.269. The zero-order valence-corrected chi connectivity index (χ0v) is 21.5. The molecule has 0 saturated carbocycles. The van der Waals surface area contributed by atoms with E-state index in [0.717, 1.165) is 6.42 Å². The summed E-state index contributed by atoms with van der Waals surface area (Å²) in [5, 5.41) is 0. The average Bonchev–Trinajstić information content (AvgIpc) is 3.31. The van der Waals surface area contributed by atoms with Gasteiger partial charge >= 0.3 is 172 Å². The van der Waals surface area contributed by atoms with E-state index in [2.05, 4.69) is 107 Å². The molecule has 0 bridgehead atoms. The summed E-state index contributed by atoms with van der Waals surface area (Å²) >= 11 is -2.11. The van der Waals surface area contributed by atoms with Crippen molar-refractivity contribution >= 4 is 9.28 Å². The van der Waals surface area contributed by atoms with Crippen molar-refractivity contribution in [2.45, 2.75) is 37.7 Å². The van der Waals surface area contributed by atoms with E-state index in [4.69, 9.17) is 0 Å². The van der Waals surface area contributed by atoms with Gasteiger partial charge in [-0.2, -0.15) is 0 Å². The molecule has 0 spiro atoms. The quantitative estimate of drug-likeness (QED) is 0.585. The minimum atomic E-state index is -2.11. The Balaban J connectivity index is 0.00000150. The Morgan fingerprint density at radius 2 is 1.59 bits per heavy atom. The standard InChI is InChI=1S/C9H7.C9H13.C8H8.2ClH.Zr/c1-2-5-9-7-3-6-8(9)4-1;1-9(2,3)8-6-4-5-7-8;1-2-8-6-4-3-5-7-8;;;/h1-7H;6-7H,4H2,1-3H3;3-7H,1H3;2*1H;/q;;;;;+2/p-2. The molecule has 1 atom stereocenters. The van der Waals surface area contributed by atoms with Gasteiger partial charge < -0.3 is 24.8 Å². The van der Waals surface area contributed by atoms with Gasteiger partial charge in [0.25, 0.3) is 0 Å². The summed E-state index contributed by atoms with van der Waals surface area (Å²) in [7, 11) is 0. The third-order valence-corrected chi connectivity index (χ3v) is 13.8. The molecule has 1 unspecified atom stereocenters. The van der Waals surface area contributed by atoms with Crippen LogP contribution in [-0.4, -0.2) is 3.21 Å². The molecule has 0 aromatic heterocycles. The summed E-state index contributed by atoms with van der Waals surface area (Å²) in [6.45, 7) is 9.41. The Labute approximate surface area is 195 Å². The van der Waals surface area contributed by atoms with E-state index < -0.39 is 21.3 Å². The maximum absolute atomic E-state index is 2.57. The molecule has 2 aliphatic carbocycles. The largest absolute Gasteiger partial charge is 1.00 e. The van der Waals surface area contributed by atoms with Crippen LogP contribution in [0, 0.1) is 5.41 Å². The predicted octanol–water partition coefficient (Wildman–Crippen LogP) is 0.881. The molecule has 0 fully saturated rings. The number of benzene rings is 2. The Hall–Kier alpha value is -1.01. The Morgan fingerprint density at radius 3 is 2.24 bits per heavy atom. The van der Waals surface area contributed by atoms with E-state index in [9.17, 15) is 0 Å². The zero-order valence-electron chi connectivity index (χ0n) is 17.5. The van der Waals surface area contributed by atoms with Gasteiger partial charge in [-0.3, -0.25) is 0 Å². The van der Waals surface area contributed by atoms with Crippen LogP contribution in [0.3, 0.4) is 0 Å². The van der Waals surface area contributed by atoms with E-state index in [1.165, 1.54) is 16.7 Å². The van der Waals surface area contributed by atoms with Gasteiger partial charge in [-0.1, -0.05) is 0 Å². The first-order valence-electron chi connectivity index (χ1n) is 9.90. The molecule has 29 heavy (non-hydrogen) atoms. The second kappa shape index (κ2) is 9.87. The van der Waals surface area contributed by atoms with Crippen molar-refractivity contribution in [2.75, 3.05) is 0 Å². The van der Waals surface area contributed by atoms with Crippen molar-refractivity contribution in [3.05, 3.63) is 98.4 Å². The molecule has 2 aromatic rings. The van der Waals surface area contributed by atoms with Gasteiger partial charge in [0.15, 0.2) is 0 Å². The molecular weight excluding hydrogens is 474 g/mol. The van der Waals surface area contributed by atoms with Crippen LogP contribution in [0.5, 0.6) is 0 Å². The number of rotatable bonds is 3. The molecule has 0 N–H and O–H groups in total.